The minimum atomic E-state index is 0.535. The number of rotatable bonds is 0. The van der Waals surface area contributed by atoms with Gasteiger partial charge >= 0.3 is 0 Å². The number of hydrogen-bond acceptors (Lipinski definition) is 0. The predicted octanol–water partition coefficient (Wildman–Crippen LogP) is 3.14. The zero-order chi connectivity index (χ0) is 7.41. The van der Waals surface area contributed by atoms with E-state index >= 15 is 0 Å². The van der Waals surface area contributed by atoms with Gasteiger partial charge in [0.1, 0.15) is 0 Å². The molecule has 0 amide bonds. The first-order valence-corrected chi connectivity index (χ1v) is 4.21. The molecule has 0 aromatic heterocycles. The lowest BCUT2D eigenvalue weighted by molar-refractivity contribution is 0.279. The summed E-state index contributed by atoms with van der Waals surface area (Å²) in [5.74, 6) is 0. The maximum atomic E-state index is 2.46. The van der Waals surface area contributed by atoms with E-state index in [9.17, 15) is 0 Å². The van der Waals surface area contributed by atoms with Crippen LogP contribution >= 0.6 is 0 Å². The third-order valence-corrected chi connectivity index (χ3v) is 3.20. The molecule has 2 aliphatic carbocycles. The van der Waals surface area contributed by atoms with Gasteiger partial charge in [-0.15, -0.1) is 0 Å². The molecule has 0 radical (unpaired) electrons. The van der Waals surface area contributed by atoms with Crippen LogP contribution in [0.3, 0.4) is 0 Å². The van der Waals surface area contributed by atoms with Crippen molar-refractivity contribution in [1.82, 2.24) is 0 Å². The molecule has 0 heteroatoms. The molecule has 0 spiro atoms. The van der Waals surface area contributed by atoms with E-state index in [1.807, 2.05) is 0 Å². The second-order valence-electron chi connectivity index (χ2n) is 4.98. The molecule has 0 aromatic carbocycles. The topological polar surface area (TPSA) is 0 Å². The van der Waals surface area contributed by atoms with Crippen molar-refractivity contribution >= 4 is 0 Å². The highest BCUT2D eigenvalue weighted by molar-refractivity contribution is 5.27. The lowest BCUT2D eigenvalue weighted by Crippen LogP contribution is -2.16. The quantitative estimate of drug-likeness (QED) is 0.449. The molecule has 2 aliphatic rings. The molecule has 1 unspecified atom stereocenters. The van der Waals surface area contributed by atoms with E-state index < -0.39 is 0 Å². The van der Waals surface area contributed by atoms with Gasteiger partial charge in [0.05, 0.1) is 0 Å². The molecular weight excluding hydrogens is 120 g/mol. The zero-order valence-corrected chi connectivity index (χ0v) is 7.20. The van der Waals surface area contributed by atoms with Crippen molar-refractivity contribution in [2.75, 3.05) is 0 Å². The first-order chi connectivity index (χ1) is 4.52. The second-order valence-corrected chi connectivity index (χ2v) is 4.98. The highest BCUT2D eigenvalue weighted by Gasteiger charge is 2.46. The van der Waals surface area contributed by atoms with E-state index in [0.29, 0.717) is 10.8 Å². The fourth-order valence-corrected chi connectivity index (χ4v) is 2.80. The van der Waals surface area contributed by atoms with Crippen molar-refractivity contribution in [3.8, 4) is 0 Å². The van der Waals surface area contributed by atoms with Crippen molar-refractivity contribution in [1.29, 1.82) is 0 Å². The Kier molecular flexibility index (Phi) is 0.962. The van der Waals surface area contributed by atoms with Crippen LogP contribution in [0.1, 0.15) is 40.0 Å². The molecule has 1 saturated carbocycles. The fraction of sp³-hybridized carbons (Fsp3) is 0.800. The van der Waals surface area contributed by atoms with Crippen molar-refractivity contribution in [3.63, 3.8) is 0 Å². The summed E-state index contributed by atoms with van der Waals surface area (Å²) in [6.45, 7) is 7.18. The Hall–Kier alpha value is -0.260. The van der Waals surface area contributed by atoms with Crippen LogP contribution in [0, 0.1) is 10.8 Å². The van der Waals surface area contributed by atoms with Gasteiger partial charge in [-0.25, -0.2) is 0 Å². The van der Waals surface area contributed by atoms with Crippen LogP contribution < -0.4 is 0 Å². The molecule has 1 fully saturated rings. The summed E-state index contributed by atoms with van der Waals surface area (Å²) < 4.78 is 0. The van der Waals surface area contributed by atoms with Gasteiger partial charge in [0.2, 0.25) is 0 Å². The smallest absolute Gasteiger partial charge is 0.0139 e. The van der Waals surface area contributed by atoms with E-state index in [-0.39, 0.29) is 0 Å². The van der Waals surface area contributed by atoms with Gasteiger partial charge < -0.3 is 0 Å². The predicted molar refractivity (Wildman–Crippen MR) is 43.8 cm³/mol. The van der Waals surface area contributed by atoms with Crippen LogP contribution in [0.5, 0.6) is 0 Å². The molecule has 0 saturated heterocycles. The molecule has 10 heavy (non-hydrogen) atoms. The molecule has 0 nitrogen and oxygen atoms in total. The summed E-state index contributed by atoms with van der Waals surface area (Å²) in [4.78, 5) is 0. The molecule has 1 atom stereocenters. The van der Waals surface area contributed by atoms with E-state index in [0.717, 1.165) is 0 Å². The van der Waals surface area contributed by atoms with E-state index in [4.69, 9.17) is 0 Å². The highest BCUT2D eigenvalue weighted by Crippen LogP contribution is 2.58. The molecular formula is C10H16. The van der Waals surface area contributed by atoms with Crippen molar-refractivity contribution in [2.45, 2.75) is 40.0 Å². The minimum Gasteiger partial charge on any atom is -0.0842 e. The van der Waals surface area contributed by atoms with Crippen LogP contribution in [0.4, 0.5) is 0 Å². The average Bonchev–Trinajstić information content (AvgIpc) is 2.16. The van der Waals surface area contributed by atoms with Crippen LogP contribution in [-0.4, -0.2) is 0 Å². The summed E-state index contributed by atoms with van der Waals surface area (Å²) in [7, 11) is 0. The third kappa shape index (κ3) is 0.680. The van der Waals surface area contributed by atoms with Crippen LogP contribution in [0.15, 0.2) is 11.6 Å². The van der Waals surface area contributed by atoms with Gasteiger partial charge in [-0.1, -0.05) is 32.4 Å². The number of fused-ring (bicyclic) bond motifs is 2. The standard InChI is InChI=1S/C10H16/c1-9(2)7-10(3)5-4-8(9)6-10/h4H,5-7H2,1-3H3. The molecule has 2 bridgehead atoms. The second kappa shape index (κ2) is 1.49. The molecule has 0 N–H and O–H groups in total. The summed E-state index contributed by atoms with van der Waals surface area (Å²) >= 11 is 0. The van der Waals surface area contributed by atoms with Gasteiger partial charge in [-0.3, -0.25) is 0 Å². The van der Waals surface area contributed by atoms with Gasteiger partial charge in [0.15, 0.2) is 0 Å². The minimum absolute atomic E-state index is 0.535. The summed E-state index contributed by atoms with van der Waals surface area (Å²) in [5.41, 5.74) is 2.90. The largest absolute Gasteiger partial charge is 0.0842 e. The van der Waals surface area contributed by atoms with Crippen LogP contribution in [0.25, 0.3) is 0 Å². The van der Waals surface area contributed by atoms with Gasteiger partial charge in [-0.05, 0) is 30.1 Å². The number of hydrogen-bond donors (Lipinski definition) is 0. The van der Waals surface area contributed by atoms with E-state index in [1.165, 1.54) is 19.3 Å². The zero-order valence-electron chi connectivity index (χ0n) is 7.20. The Bertz CT molecular complexity index is 198. The molecule has 2 rings (SSSR count). The fourth-order valence-electron chi connectivity index (χ4n) is 2.80. The maximum absolute atomic E-state index is 2.46. The summed E-state index contributed by atoms with van der Waals surface area (Å²) in [6, 6.07) is 0. The van der Waals surface area contributed by atoms with Gasteiger partial charge in [0, 0.05) is 0 Å². The summed E-state index contributed by atoms with van der Waals surface area (Å²) in [5, 5.41) is 0. The summed E-state index contributed by atoms with van der Waals surface area (Å²) in [6.07, 6.45) is 6.58. The van der Waals surface area contributed by atoms with Crippen LogP contribution in [-0.2, 0) is 0 Å². The highest BCUT2D eigenvalue weighted by atomic mass is 14.5. The van der Waals surface area contributed by atoms with Gasteiger partial charge in [0.25, 0.3) is 0 Å². The Morgan fingerprint density at radius 3 is 2.20 bits per heavy atom. The first-order valence-electron chi connectivity index (χ1n) is 4.21. The maximum Gasteiger partial charge on any atom is -0.0139 e. The van der Waals surface area contributed by atoms with Crippen molar-refractivity contribution < 1.29 is 0 Å². The third-order valence-electron chi connectivity index (χ3n) is 3.20. The Morgan fingerprint density at radius 2 is 2.00 bits per heavy atom. The normalized spacial score (nSPS) is 42.1. The number of allylic oxidation sites excluding steroid dienone is 2. The molecule has 0 heterocycles. The molecule has 0 aromatic rings. The SMILES string of the molecule is CC12CC=C(C1)C(C)(C)C2. The monoisotopic (exact) mass is 136 g/mol. The lowest BCUT2D eigenvalue weighted by Gasteiger charge is -2.27. The average molecular weight is 136 g/mol. The molecule has 56 valence electrons. The Balaban J connectivity index is 2.37. The van der Waals surface area contributed by atoms with Crippen LogP contribution in [0.2, 0.25) is 0 Å². The van der Waals surface area contributed by atoms with Crippen molar-refractivity contribution in [2.24, 2.45) is 10.8 Å². The Morgan fingerprint density at radius 1 is 1.30 bits per heavy atom. The van der Waals surface area contributed by atoms with E-state index in [1.54, 1.807) is 5.57 Å². The first kappa shape index (κ1) is 6.45. The Labute approximate surface area is 63.3 Å². The molecule has 0 aliphatic heterocycles. The van der Waals surface area contributed by atoms with Crippen molar-refractivity contribution in [3.05, 3.63) is 11.6 Å². The van der Waals surface area contributed by atoms with E-state index in [2.05, 4.69) is 26.8 Å². The van der Waals surface area contributed by atoms with Gasteiger partial charge in [-0.2, -0.15) is 0 Å². The lowest BCUT2D eigenvalue weighted by atomic mass is 9.77.